The van der Waals surface area contributed by atoms with Crippen LogP contribution in [0.15, 0.2) is 11.6 Å². The van der Waals surface area contributed by atoms with Crippen molar-refractivity contribution in [2.75, 3.05) is 19.7 Å². The number of hydrogen-bond donors (Lipinski definition) is 2. The Bertz CT molecular complexity index is 586. The SMILES string of the molecule is C/C=C1\C(=O)O[C@@H]2CCN3CC[C@H](COC(=O)[C@](C)(O)[C@H](C)C1O)[C@H]23. The number of ether oxygens (including phenoxy) is 2. The molecule has 0 saturated carbocycles. The zero-order valence-corrected chi connectivity index (χ0v) is 15.0. The van der Waals surface area contributed by atoms with Crippen molar-refractivity contribution < 1.29 is 29.3 Å². The smallest absolute Gasteiger partial charge is 0.338 e. The van der Waals surface area contributed by atoms with Gasteiger partial charge >= 0.3 is 11.9 Å². The highest BCUT2D eigenvalue weighted by Gasteiger charge is 2.49. The Morgan fingerprint density at radius 3 is 2.64 bits per heavy atom. The average molecular weight is 353 g/mol. The molecule has 6 atom stereocenters. The number of carbonyl (C=O) groups excluding carboxylic acids is 2. The zero-order valence-electron chi connectivity index (χ0n) is 15.0. The van der Waals surface area contributed by atoms with E-state index in [0.29, 0.717) is 0 Å². The minimum absolute atomic E-state index is 0.0220. The molecule has 7 heteroatoms. The molecule has 140 valence electrons. The lowest BCUT2D eigenvalue weighted by atomic mass is 9.82. The summed E-state index contributed by atoms with van der Waals surface area (Å²) in [6.45, 7) is 6.37. The number of rotatable bonds is 0. The van der Waals surface area contributed by atoms with Gasteiger partial charge in [0, 0.05) is 18.4 Å². The summed E-state index contributed by atoms with van der Waals surface area (Å²) in [6, 6.07) is 0.0220. The van der Waals surface area contributed by atoms with Gasteiger partial charge in [-0.15, -0.1) is 0 Å². The highest BCUT2D eigenvalue weighted by molar-refractivity contribution is 5.90. The normalized spacial score (nSPS) is 44.7. The van der Waals surface area contributed by atoms with Crippen molar-refractivity contribution in [3.63, 3.8) is 0 Å². The molecular weight excluding hydrogens is 326 g/mol. The maximum Gasteiger partial charge on any atom is 0.338 e. The largest absolute Gasteiger partial charge is 0.463 e. The Balaban J connectivity index is 1.94. The molecule has 3 aliphatic heterocycles. The average Bonchev–Trinajstić information content (AvgIpc) is 3.14. The number of hydrogen-bond acceptors (Lipinski definition) is 7. The van der Waals surface area contributed by atoms with Crippen LogP contribution in [0, 0.1) is 11.8 Å². The van der Waals surface area contributed by atoms with Crippen molar-refractivity contribution in [2.45, 2.75) is 57.5 Å². The topological polar surface area (TPSA) is 96.3 Å². The van der Waals surface area contributed by atoms with Crippen LogP contribution in [0.25, 0.3) is 0 Å². The Kier molecular flexibility index (Phi) is 4.92. The molecule has 25 heavy (non-hydrogen) atoms. The second-order valence-electron chi connectivity index (χ2n) is 7.53. The van der Waals surface area contributed by atoms with Crippen LogP contribution in [-0.4, -0.2) is 70.6 Å². The fraction of sp³-hybridized carbons (Fsp3) is 0.778. The van der Waals surface area contributed by atoms with Crippen molar-refractivity contribution in [2.24, 2.45) is 11.8 Å². The summed E-state index contributed by atoms with van der Waals surface area (Å²) in [5, 5.41) is 21.2. The van der Waals surface area contributed by atoms with E-state index in [9.17, 15) is 19.8 Å². The van der Waals surface area contributed by atoms with Crippen LogP contribution in [0.5, 0.6) is 0 Å². The molecule has 1 unspecified atom stereocenters. The Morgan fingerprint density at radius 1 is 1.28 bits per heavy atom. The molecule has 0 radical (unpaired) electrons. The third kappa shape index (κ3) is 3.09. The van der Waals surface area contributed by atoms with Gasteiger partial charge < -0.3 is 19.7 Å². The van der Waals surface area contributed by atoms with Gasteiger partial charge in [-0.2, -0.15) is 0 Å². The van der Waals surface area contributed by atoms with Gasteiger partial charge in [0.1, 0.15) is 6.10 Å². The molecule has 0 aromatic heterocycles. The first-order valence-electron chi connectivity index (χ1n) is 8.96. The highest BCUT2D eigenvalue weighted by Crippen LogP contribution is 2.37. The van der Waals surface area contributed by atoms with Crippen molar-refractivity contribution >= 4 is 11.9 Å². The van der Waals surface area contributed by atoms with E-state index in [1.165, 1.54) is 19.9 Å². The second kappa shape index (κ2) is 6.70. The Morgan fingerprint density at radius 2 is 1.96 bits per heavy atom. The molecule has 3 fully saturated rings. The van der Waals surface area contributed by atoms with Gasteiger partial charge in [0.25, 0.3) is 0 Å². The number of carbonyl (C=O) groups is 2. The highest BCUT2D eigenvalue weighted by atomic mass is 16.6. The molecule has 0 aliphatic carbocycles. The van der Waals surface area contributed by atoms with Crippen LogP contribution < -0.4 is 0 Å². The molecule has 7 nitrogen and oxygen atoms in total. The van der Waals surface area contributed by atoms with Crippen molar-refractivity contribution in [3.05, 3.63) is 11.6 Å². The first-order valence-corrected chi connectivity index (χ1v) is 8.96. The fourth-order valence-corrected chi connectivity index (χ4v) is 4.23. The van der Waals surface area contributed by atoms with E-state index in [-0.39, 0.29) is 30.2 Å². The number of cyclic esters (lactones) is 1. The first-order chi connectivity index (χ1) is 11.8. The van der Waals surface area contributed by atoms with Crippen LogP contribution in [-0.2, 0) is 19.1 Å². The van der Waals surface area contributed by atoms with Gasteiger partial charge in [0.15, 0.2) is 5.60 Å². The van der Waals surface area contributed by atoms with E-state index >= 15 is 0 Å². The monoisotopic (exact) mass is 353 g/mol. The molecule has 3 rings (SSSR count). The summed E-state index contributed by atoms with van der Waals surface area (Å²) >= 11 is 0. The molecule has 0 amide bonds. The van der Waals surface area contributed by atoms with Crippen molar-refractivity contribution in [1.82, 2.24) is 4.90 Å². The van der Waals surface area contributed by atoms with Crippen molar-refractivity contribution in [3.8, 4) is 0 Å². The summed E-state index contributed by atoms with van der Waals surface area (Å²) in [7, 11) is 0. The predicted octanol–water partition coefficient (Wildman–Crippen LogP) is 0.244. The number of nitrogens with zero attached hydrogens (tertiary/aromatic N) is 1. The van der Waals surface area contributed by atoms with E-state index < -0.39 is 29.6 Å². The van der Waals surface area contributed by atoms with Gasteiger partial charge in [0.2, 0.25) is 0 Å². The lowest BCUT2D eigenvalue weighted by Gasteiger charge is -2.34. The molecule has 0 bridgehead atoms. The van der Waals surface area contributed by atoms with Gasteiger partial charge in [-0.05, 0) is 33.2 Å². The molecule has 0 spiro atoms. The lowest BCUT2D eigenvalue weighted by Crippen LogP contribution is -2.50. The summed E-state index contributed by atoms with van der Waals surface area (Å²) < 4.78 is 11.1. The molecule has 2 N–H and O–H groups in total. The minimum Gasteiger partial charge on any atom is -0.463 e. The Labute approximate surface area is 147 Å². The standard InChI is InChI=1S/C18H27NO6/c1-4-12-15(20)10(2)18(3,23)17(22)24-9-11-5-7-19-8-6-13(14(11)19)25-16(12)21/h4,10-11,13-15,20,23H,5-9H2,1-3H3/b12-4-/t10-,11-,13-,14-,15?,18-/m1/s1. The van der Waals surface area contributed by atoms with Crippen LogP contribution in [0.2, 0.25) is 0 Å². The summed E-state index contributed by atoms with van der Waals surface area (Å²) in [4.78, 5) is 27.3. The summed E-state index contributed by atoms with van der Waals surface area (Å²) in [5.41, 5.74) is -1.84. The van der Waals surface area contributed by atoms with Gasteiger partial charge in [-0.25, -0.2) is 9.59 Å². The predicted molar refractivity (Wildman–Crippen MR) is 88.5 cm³/mol. The fourth-order valence-electron chi connectivity index (χ4n) is 4.23. The molecule has 0 aromatic rings. The van der Waals surface area contributed by atoms with Gasteiger partial charge in [-0.3, -0.25) is 4.90 Å². The van der Waals surface area contributed by atoms with Gasteiger partial charge in [-0.1, -0.05) is 13.0 Å². The van der Waals surface area contributed by atoms with Crippen molar-refractivity contribution in [1.29, 1.82) is 0 Å². The number of aliphatic hydroxyl groups excluding tert-OH is 1. The van der Waals surface area contributed by atoms with Crippen LogP contribution in [0.3, 0.4) is 0 Å². The number of aliphatic hydroxyl groups is 2. The van der Waals surface area contributed by atoms with E-state index in [0.717, 1.165) is 25.9 Å². The quantitative estimate of drug-likeness (QED) is 0.476. The zero-order chi connectivity index (χ0) is 18.4. The minimum atomic E-state index is -1.90. The maximum atomic E-state index is 12.6. The summed E-state index contributed by atoms with van der Waals surface area (Å²) in [5.74, 6) is -2.19. The lowest BCUT2D eigenvalue weighted by molar-refractivity contribution is -0.176. The molecule has 3 saturated heterocycles. The second-order valence-corrected chi connectivity index (χ2v) is 7.53. The Hall–Kier alpha value is -1.44. The first kappa shape index (κ1) is 18.4. The third-order valence-electron chi connectivity index (χ3n) is 6.10. The van der Waals surface area contributed by atoms with Crippen LogP contribution >= 0.6 is 0 Å². The van der Waals surface area contributed by atoms with E-state index in [2.05, 4.69) is 4.90 Å². The molecule has 3 aliphatic rings. The number of allylic oxidation sites excluding steroid dienone is 1. The van der Waals surface area contributed by atoms with E-state index in [1.807, 2.05) is 0 Å². The number of esters is 2. The maximum absolute atomic E-state index is 12.6. The summed E-state index contributed by atoms with van der Waals surface area (Å²) in [6.07, 6.45) is 1.49. The van der Waals surface area contributed by atoms with E-state index in [1.54, 1.807) is 6.92 Å². The third-order valence-corrected chi connectivity index (χ3v) is 6.10. The molecule has 3 heterocycles. The van der Waals surface area contributed by atoms with Crippen LogP contribution in [0.4, 0.5) is 0 Å². The van der Waals surface area contributed by atoms with Gasteiger partial charge in [0.05, 0.1) is 24.3 Å². The molecular formula is C18H27NO6. The van der Waals surface area contributed by atoms with E-state index in [4.69, 9.17) is 9.47 Å². The van der Waals surface area contributed by atoms with Crippen LogP contribution in [0.1, 0.15) is 33.6 Å². The molecule has 0 aromatic carbocycles.